The fraction of sp³-hybridized carbons (Fsp3) is 0. The van der Waals surface area contributed by atoms with Crippen molar-refractivity contribution in [2.24, 2.45) is 0 Å². The standard InChI is InChI=1S/C14H8N2O4S2/c17-13-12(8-11-2-1-7-20-11)22-14(21)15(13)9-3-5-10(6-4-9)16(18)19/h1-8H/b12-8+. The largest absolute Gasteiger partial charge is 0.465 e. The van der Waals surface area contributed by atoms with E-state index in [9.17, 15) is 14.9 Å². The Kier molecular flexibility index (Phi) is 3.78. The number of thioether (sulfide) groups is 1. The Labute approximate surface area is 134 Å². The zero-order chi connectivity index (χ0) is 15.7. The van der Waals surface area contributed by atoms with Crippen LogP contribution < -0.4 is 4.90 Å². The number of benzene rings is 1. The van der Waals surface area contributed by atoms with E-state index in [0.29, 0.717) is 20.7 Å². The molecule has 8 heteroatoms. The Bertz CT molecular complexity index is 782. The number of hydrogen-bond donors (Lipinski definition) is 0. The highest BCUT2D eigenvalue weighted by Crippen LogP contribution is 2.36. The summed E-state index contributed by atoms with van der Waals surface area (Å²) in [5.74, 6) is 0.282. The molecule has 6 nitrogen and oxygen atoms in total. The van der Waals surface area contributed by atoms with Crippen LogP contribution >= 0.6 is 24.0 Å². The zero-order valence-electron chi connectivity index (χ0n) is 11.0. The molecule has 1 aliphatic rings. The maximum absolute atomic E-state index is 12.4. The van der Waals surface area contributed by atoms with Gasteiger partial charge >= 0.3 is 0 Å². The maximum atomic E-state index is 12.4. The summed E-state index contributed by atoms with van der Waals surface area (Å²) in [4.78, 5) is 24.4. The van der Waals surface area contributed by atoms with E-state index in [1.807, 2.05) is 0 Å². The maximum Gasteiger partial charge on any atom is 0.270 e. The number of carbonyl (C=O) groups excluding carboxylic acids is 1. The quantitative estimate of drug-likeness (QED) is 0.370. The summed E-state index contributed by atoms with van der Waals surface area (Å²) in [7, 11) is 0. The number of anilines is 1. The van der Waals surface area contributed by atoms with E-state index in [-0.39, 0.29) is 11.6 Å². The fourth-order valence-electron chi connectivity index (χ4n) is 1.92. The molecule has 1 saturated heterocycles. The first kappa shape index (κ1) is 14.5. The molecule has 3 rings (SSSR count). The molecule has 1 fully saturated rings. The van der Waals surface area contributed by atoms with Gasteiger partial charge in [-0.2, -0.15) is 0 Å². The van der Waals surface area contributed by atoms with Gasteiger partial charge in [-0.3, -0.25) is 19.8 Å². The van der Waals surface area contributed by atoms with Crippen molar-refractivity contribution < 1.29 is 14.1 Å². The summed E-state index contributed by atoms with van der Waals surface area (Å²) in [5.41, 5.74) is 0.455. The van der Waals surface area contributed by atoms with Crippen molar-refractivity contribution in [3.63, 3.8) is 0 Å². The molecule has 0 saturated carbocycles. The summed E-state index contributed by atoms with van der Waals surface area (Å²) in [6, 6.07) is 9.13. The van der Waals surface area contributed by atoms with Gasteiger partial charge in [0, 0.05) is 18.2 Å². The smallest absolute Gasteiger partial charge is 0.270 e. The molecule has 0 bridgehead atoms. The normalized spacial score (nSPS) is 16.5. The first-order chi connectivity index (χ1) is 10.6. The van der Waals surface area contributed by atoms with E-state index in [4.69, 9.17) is 16.6 Å². The van der Waals surface area contributed by atoms with Gasteiger partial charge in [-0.15, -0.1) is 0 Å². The van der Waals surface area contributed by atoms with Crippen LogP contribution in [0.4, 0.5) is 11.4 Å². The Morgan fingerprint density at radius 1 is 1.27 bits per heavy atom. The lowest BCUT2D eigenvalue weighted by molar-refractivity contribution is -0.384. The van der Waals surface area contributed by atoms with Gasteiger partial charge < -0.3 is 4.42 Å². The number of hydrogen-bond acceptors (Lipinski definition) is 6. The van der Waals surface area contributed by atoms with Crippen LogP contribution in [0.15, 0.2) is 52.0 Å². The van der Waals surface area contributed by atoms with Gasteiger partial charge in [0.15, 0.2) is 4.32 Å². The van der Waals surface area contributed by atoms with Crippen molar-refractivity contribution in [1.29, 1.82) is 0 Å². The molecule has 0 unspecified atom stereocenters. The third-order valence-electron chi connectivity index (χ3n) is 2.93. The van der Waals surface area contributed by atoms with Gasteiger partial charge in [0.05, 0.1) is 21.8 Å². The van der Waals surface area contributed by atoms with Crippen LogP contribution in [0.5, 0.6) is 0 Å². The number of rotatable bonds is 3. The first-order valence-corrected chi connectivity index (χ1v) is 7.34. The van der Waals surface area contributed by atoms with Crippen molar-refractivity contribution in [1.82, 2.24) is 0 Å². The van der Waals surface area contributed by atoms with E-state index in [1.165, 1.54) is 35.4 Å². The summed E-state index contributed by atoms with van der Waals surface area (Å²) >= 11 is 6.38. The SMILES string of the molecule is O=C1/C(=C\c2ccco2)SC(=S)N1c1ccc([N+](=O)[O-])cc1. The molecule has 1 aliphatic heterocycles. The molecule has 0 N–H and O–H groups in total. The third-order valence-corrected chi connectivity index (χ3v) is 4.23. The molecule has 2 aromatic rings. The van der Waals surface area contributed by atoms with E-state index < -0.39 is 4.92 Å². The average molecular weight is 332 g/mol. The van der Waals surface area contributed by atoms with Crippen molar-refractivity contribution in [3.05, 3.63) is 63.4 Å². The number of non-ortho nitro benzene ring substituents is 1. The molecule has 0 radical (unpaired) electrons. The van der Waals surface area contributed by atoms with E-state index in [0.717, 1.165) is 11.8 Å². The van der Waals surface area contributed by atoms with Gasteiger partial charge in [-0.25, -0.2) is 0 Å². The predicted octanol–water partition coefficient (Wildman–Crippen LogP) is 3.59. The van der Waals surface area contributed by atoms with Crippen molar-refractivity contribution in [3.8, 4) is 0 Å². The highest BCUT2D eigenvalue weighted by atomic mass is 32.2. The second-order valence-corrected chi connectivity index (χ2v) is 5.98. The number of nitrogens with zero attached hydrogens (tertiary/aromatic N) is 2. The second-order valence-electron chi connectivity index (χ2n) is 4.31. The van der Waals surface area contributed by atoms with Gasteiger partial charge in [-0.05, 0) is 24.3 Å². The number of nitro groups is 1. The minimum Gasteiger partial charge on any atom is -0.465 e. The number of thiocarbonyl (C=S) groups is 1. The minimum atomic E-state index is -0.495. The molecule has 22 heavy (non-hydrogen) atoms. The number of furan rings is 1. The Balaban J connectivity index is 1.90. The van der Waals surface area contributed by atoms with Gasteiger partial charge in [0.25, 0.3) is 11.6 Å². The Morgan fingerprint density at radius 3 is 2.59 bits per heavy atom. The summed E-state index contributed by atoms with van der Waals surface area (Å²) in [6.07, 6.45) is 3.13. The molecule has 1 aromatic carbocycles. The number of carbonyl (C=O) groups is 1. The molecule has 0 aliphatic carbocycles. The lowest BCUT2D eigenvalue weighted by atomic mass is 10.2. The van der Waals surface area contributed by atoms with Crippen molar-refractivity contribution in [2.45, 2.75) is 0 Å². The van der Waals surface area contributed by atoms with Crippen molar-refractivity contribution >= 4 is 51.7 Å². The van der Waals surface area contributed by atoms with E-state index in [1.54, 1.807) is 18.2 Å². The monoisotopic (exact) mass is 332 g/mol. The van der Waals surface area contributed by atoms with Gasteiger partial charge in [0.2, 0.25) is 0 Å². The lowest BCUT2D eigenvalue weighted by Gasteiger charge is -2.13. The van der Waals surface area contributed by atoms with Crippen LogP contribution in [0.3, 0.4) is 0 Å². The summed E-state index contributed by atoms with van der Waals surface area (Å²) in [6.45, 7) is 0. The highest BCUT2D eigenvalue weighted by molar-refractivity contribution is 8.27. The highest BCUT2D eigenvalue weighted by Gasteiger charge is 2.33. The van der Waals surface area contributed by atoms with Crippen LogP contribution in [-0.4, -0.2) is 15.2 Å². The average Bonchev–Trinajstić information content (AvgIpc) is 3.09. The summed E-state index contributed by atoms with van der Waals surface area (Å²) < 4.78 is 5.56. The molecule has 110 valence electrons. The summed E-state index contributed by atoms with van der Waals surface area (Å²) in [5, 5.41) is 10.7. The minimum absolute atomic E-state index is 0.0414. The van der Waals surface area contributed by atoms with Crippen LogP contribution in [-0.2, 0) is 4.79 Å². The predicted molar refractivity (Wildman–Crippen MR) is 87.5 cm³/mol. The molecular weight excluding hydrogens is 324 g/mol. The van der Waals surface area contributed by atoms with Gasteiger partial charge in [0.1, 0.15) is 5.76 Å². The van der Waals surface area contributed by atoms with Gasteiger partial charge in [-0.1, -0.05) is 24.0 Å². The Hall–Kier alpha value is -2.45. The fourth-order valence-corrected chi connectivity index (χ4v) is 3.20. The number of nitro benzene ring substituents is 1. The molecule has 1 aromatic heterocycles. The first-order valence-electron chi connectivity index (χ1n) is 6.12. The molecule has 2 heterocycles. The van der Waals surface area contributed by atoms with E-state index in [2.05, 4.69) is 0 Å². The van der Waals surface area contributed by atoms with E-state index >= 15 is 0 Å². The zero-order valence-corrected chi connectivity index (χ0v) is 12.6. The third kappa shape index (κ3) is 2.66. The van der Waals surface area contributed by atoms with Crippen molar-refractivity contribution in [2.75, 3.05) is 4.90 Å². The lowest BCUT2D eigenvalue weighted by Crippen LogP contribution is -2.27. The Morgan fingerprint density at radius 2 is 2.00 bits per heavy atom. The second kappa shape index (κ2) is 5.74. The molecular formula is C14H8N2O4S2. The van der Waals surface area contributed by atoms with Crippen LogP contribution in [0.2, 0.25) is 0 Å². The van der Waals surface area contributed by atoms with Crippen LogP contribution in [0.25, 0.3) is 6.08 Å². The molecule has 0 spiro atoms. The van der Waals surface area contributed by atoms with Crippen LogP contribution in [0, 0.1) is 10.1 Å². The van der Waals surface area contributed by atoms with Crippen LogP contribution in [0.1, 0.15) is 5.76 Å². The number of amides is 1. The molecule has 0 atom stereocenters. The molecule has 1 amide bonds. The topological polar surface area (TPSA) is 76.6 Å².